The number of rotatable bonds is 5. The molecule has 0 saturated heterocycles. The van der Waals surface area contributed by atoms with Crippen molar-refractivity contribution >= 4 is 21.4 Å². The summed E-state index contributed by atoms with van der Waals surface area (Å²) < 4.78 is 64.7. The molecule has 2 aromatic carbocycles. The first kappa shape index (κ1) is 20.4. The lowest BCUT2D eigenvalue weighted by Gasteiger charge is -2.09. The molecule has 0 radical (unpaired) electrons. The molecule has 0 aliphatic rings. The van der Waals surface area contributed by atoms with Crippen LogP contribution in [-0.4, -0.2) is 35.7 Å². The first-order valence-electron chi connectivity index (χ1n) is 7.99. The van der Waals surface area contributed by atoms with E-state index < -0.39 is 34.1 Å². The van der Waals surface area contributed by atoms with E-state index in [4.69, 9.17) is 16.7 Å². The van der Waals surface area contributed by atoms with Gasteiger partial charge in [0.15, 0.2) is 15.5 Å². The number of aromatic nitrogens is 2. The molecule has 148 valence electrons. The van der Waals surface area contributed by atoms with Crippen molar-refractivity contribution in [2.24, 2.45) is 0 Å². The molecule has 3 aromatic rings. The maximum absolute atomic E-state index is 13.2. The van der Waals surface area contributed by atoms with Gasteiger partial charge in [-0.25, -0.2) is 13.1 Å². The fourth-order valence-corrected chi connectivity index (χ4v) is 3.81. The molecule has 0 spiro atoms. The molecule has 10 heteroatoms. The van der Waals surface area contributed by atoms with Crippen molar-refractivity contribution in [3.8, 4) is 16.9 Å². The van der Waals surface area contributed by atoms with E-state index in [0.29, 0.717) is 16.3 Å². The zero-order chi connectivity index (χ0) is 20.5. The van der Waals surface area contributed by atoms with E-state index in [1.807, 2.05) is 0 Å². The summed E-state index contributed by atoms with van der Waals surface area (Å²) >= 11 is 5.94. The van der Waals surface area contributed by atoms with Crippen LogP contribution in [0.15, 0.2) is 59.5 Å². The third kappa shape index (κ3) is 4.21. The number of sulfone groups is 1. The topological polar surface area (TPSA) is 72.2 Å². The highest BCUT2D eigenvalue weighted by Crippen LogP contribution is 2.34. The Bertz CT molecular complexity index is 1090. The van der Waals surface area contributed by atoms with Gasteiger partial charge < -0.3 is 5.11 Å². The highest BCUT2D eigenvalue weighted by atomic mass is 35.5. The normalized spacial score (nSPS) is 12.3. The maximum atomic E-state index is 13.2. The Morgan fingerprint density at radius 1 is 1.07 bits per heavy atom. The second kappa shape index (κ2) is 7.57. The van der Waals surface area contributed by atoms with Gasteiger partial charge in [-0.3, -0.25) is 0 Å². The van der Waals surface area contributed by atoms with Crippen molar-refractivity contribution in [3.63, 3.8) is 0 Å². The lowest BCUT2D eigenvalue weighted by atomic mass is 10.1. The lowest BCUT2D eigenvalue weighted by Crippen LogP contribution is -2.09. The standard InChI is InChI=1S/C18H14ClF3N2O3S/c19-13-2-1-3-14(10-13)24-16(11-17(23-24)18(20,21)22)12-4-6-15(7-5-12)28(26,27)9-8-25/h1-7,10-11,25H,8-9H2. The van der Waals surface area contributed by atoms with Crippen LogP contribution in [0.5, 0.6) is 0 Å². The highest BCUT2D eigenvalue weighted by molar-refractivity contribution is 7.91. The first-order chi connectivity index (χ1) is 13.1. The molecule has 1 N–H and O–H groups in total. The van der Waals surface area contributed by atoms with Gasteiger partial charge in [-0.1, -0.05) is 29.8 Å². The molecule has 0 atom stereocenters. The van der Waals surface area contributed by atoms with Gasteiger partial charge >= 0.3 is 6.18 Å². The number of benzene rings is 2. The molecule has 3 rings (SSSR count). The number of hydrogen-bond donors (Lipinski definition) is 1. The van der Waals surface area contributed by atoms with Crippen molar-refractivity contribution in [2.75, 3.05) is 12.4 Å². The summed E-state index contributed by atoms with van der Waals surface area (Å²) in [7, 11) is -3.67. The molecule has 0 fully saturated rings. The van der Waals surface area contributed by atoms with Gasteiger partial charge in [-0.15, -0.1) is 0 Å². The van der Waals surface area contributed by atoms with Gasteiger partial charge in [0, 0.05) is 10.6 Å². The van der Waals surface area contributed by atoms with Crippen LogP contribution in [0.3, 0.4) is 0 Å². The predicted molar refractivity (Wildman–Crippen MR) is 98.2 cm³/mol. The summed E-state index contributed by atoms with van der Waals surface area (Å²) in [6.07, 6.45) is -4.65. The molecule has 1 heterocycles. The Morgan fingerprint density at radius 2 is 1.75 bits per heavy atom. The van der Waals surface area contributed by atoms with E-state index in [1.54, 1.807) is 18.2 Å². The minimum Gasteiger partial charge on any atom is -0.395 e. The van der Waals surface area contributed by atoms with E-state index >= 15 is 0 Å². The summed E-state index contributed by atoms with van der Waals surface area (Å²) in [5.41, 5.74) is -0.291. The summed E-state index contributed by atoms with van der Waals surface area (Å²) in [6, 6.07) is 12.4. The molecule has 0 saturated carbocycles. The zero-order valence-electron chi connectivity index (χ0n) is 14.2. The van der Waals surface area contributed by atoms with Gasteiger partial charge in [-0.2, -0.15) is 18.3 Å². The molecule has 28 heavy (non-hydrogen) atoms. The zero-order valence-corrected chi connectivity index (χ0v) is 15.8. The van der Waals surface area contributed by atoms with Crippen LogP contribution in [0, 0.1) is 0 Å². The minimum absolute atomic E-state index is 0.0323. The van der Waals surface area contributed by atoms with E-state index in [9.17, 15) is 21.6 Å². The van der Waals surface area contributed by atoms with Crippen LogP contribution >= 0.6 is 11.6 Å². The molecule has 1 aromatic heterocycles. The molecule has 0 unspecified atom stereocenters. The Balaban J connectivity index is 2.12. The van der Waals surface area contributed by atoms with Crippen molar-refractivity contribution in [1.82, 2.24) is 9.78 Å². The average Bonchev–Trinajstić information content (AvgIpc) is 3.07. The molecule has 0 aliphatic carbocycles. The summed E-state index contributed by atoms with van der Waals surface area (Å²) in [4.78, 5) is -0.0323. The Labute approximate surface area is 163 Å². The minimum atomic E-state index is -4.65. The van der Waals surface area contributed by atoms with Crippen molar-refractivity contribution in [3.05, 3.63) is 65.3 Å². The van der Waals surface area contributed by atoms with Crippen LogP contribution in [0.25, 0.3) is 16.9 Å². The molecular weight excluding hydrogens is 417 g/mol. The van der Waals surface area contributed by atoms with Gasteiger partial charge in [0.25, 0.3) is 0 Å². The van der Waals surface area contributed by atoms with Crippen LogP contribution in [0.4, 0.5) is 13.2 Å². The summed E-state index contributed by atoms with van der Waals surface area (Å²) in [5.74, 6) is -0.439. The fraction of sp³-hybridized carbons (Fsp3) is 0.167. The second-order valence-corrected chi connectivity index (χ2v) is 8.42. The summed E-state index contributed by atoms with van der Waals surface area (Å²) in [6.45, 7) is -0.527. The maximum Gasteiger partial charge on any atom is 0.435 e. The predicted octanol–water partition coefficient (Wildman–Crippen LogP) is 3.98. The van der Waals surface area contributed by atoms with Gasteiger partial charge in [0.1, 0.15) is 0 Å². The number of aliphatic hydroxyl groups is 1. The van der Waals surface area contributed by atoms with Crippen molar-refractivity contribution in [1.29, 1.82) is 0 Å². The number of nitrogens with zero attached hydrogens (tertiary/aromatic N) is 2. The number of halogens is 4. The third-order valence-corrected chi connectivity index (χ3v) is 5.87. The van der Waals surface area contributed by atoms with Crippen LogP contribution in [0.1, 0.15) is 5.69 Å². The fourth-order valence-electron chi connectivity index (χ4n) is 2.60. The van der Waals surface area contributed by atoms with Crippen molar-refractivity contribution < 1.29 is 26.7 Å². The largest absolute Gasteiger partial charge is 0.435 e. The Kier molecular flexibility index (Phi) is 5.51. The average molecular weight is 431 g/mol. The van der Waals surface area contributed by atoms with E-state index in [2.05, 4.69) is 5.10 Å². The van der Waals surface area contributed by atoms with E-state index in [0.717, 1.165) is 10.7 Å². The third-order valence-electron chi connectivity index (χ3n) is 3.92. The second-order valence-electron chi connectivity index (χ2n) is 5.87. The smallest absolute Gasteiger partial charge is 0.395 e. The van der Waals surface area contributed by atoms with E-state index in [-0.39, 0.29) is 10.6 Å². The number of aliphatic hydroxyl groups excluding tert-OH is 1. The number of alkyl halides is 3. The summed E-state index contributed by atoms with van der Waals surface area (Å²) in [5, 5.41) is 12.8. The van der Waals surface area contributed by atoms with Crippen molar-refractivity contribution in [2.45, 2.75) is 11.1 Å². The van der Waals surface area contributed by atoms with E-state index in [1.165, 1.54) is 30.3 Å². The lowest BCUT2D eigenvalue weighted by molar-refractivity contribution is -0.141. The van der Waals surface area contributed by atoms with Gasteiger partial charge in [0.2, 0.25) is 0 Å². The quantitative estimate of drug-likeness (QED) is 0.664. The van der Waals surface area contributed by atoms with Gasteiger partial charge in [0.05, 0.1) is 28.6 Å². The molecule has 5 nitrogen and oxygen atoms in total. The SMILES string of the molecule is O=S(=O)(CCO)c1ccc(-c2cc(C(F)(F)F)nn2-c2cccc(Cl)c2)cc1. The highest BCUT2D eigenvalue weighted by Gasteiger charge is 2.35. The molecule has 0 bridgehead atoms. The number of hydrogen-bond acceptors (Lipinski definition) is 4. The first-order valence-corrected chi connectivity index (χ1v) is 10.0. The molecule has 0 amide bonds. The Hall–Kier alpha value is -2.36. The van der Waals surface area contributed by atoms with Crippen LogP contribution < -0.4 is 0 Å². The monoisotopic (exact) mass is 430 g/mol. The van der Waals surface area contributed by atoms with Gasteiger partial charge in [-0.05, 0) is 36.4 Å². The van der Waals surface area contributed by atoms with Crippen LogP contribution in [0.2, 0.25) is 5.02 Å². The molecular formula is C18H14ClF3N2O3S. The van der Waals surface area contributed by atoms with Crippen LogP contribution in [-0.2, 0) is 16.0 Å². The molecule has 0 aliphatic heterocycles. The Morgan fingerprint density at radius 3 is 2.32 bits per heavy atom.